The molecule has 0 saturated carbocycles. The van der Waals surface area contributed by atoms with Crippen LogP contribution in [-0.2, 0) is 0 Å². The van der Waals surface area contributed by atoms with E-state index in [-0.39, 0.29) is 11.3 Å². The second-order valence-corrected chi connectivity index (χ2v) is 3.20. The fourth-order valence-corrected chi connectivity index (χ4v) is 1.19. The van der Waals surface area contributed by atoms with Crippen LogP contribution in [0.1, 0.15) is 24.0 Å². The summed E-state index contributed by atoms with van der Waals surface area (Å²) in [4.78, 5) is 9.97. The molecule has 1 aromatic carbocycles. The van der Waals surface area contributed by atoms with Gasteiger partial charge in [0.05, 0.1) is 11.6 Å². The molecule has 1 atom stereocenters. The molecule has 0 aliphatic rings. The molecule has 0 radical (unpaired) electrons. The predicted octanol–water partition coefficient (Wildman–Crippen LogP) is 2.54. The van der Waals surface area contributed by atoms with E-state index in [2.05, 4.69) is 0 Å². The highest BCUT2D eigenvalue weighted by molar-refractivity contribution is 5.51. The van der Waals surface area contributed by atoms with Gasteiger partial charge >= 0.3 is 0 Å². The summed E-state index contributed by atoms with van der Waals surface area (Å²) in [6.07, 6.45) is 0. The van der Waals surface area contributed by atoms with E-state index in [1.165, 1.54) is 18.2 Å². The third-order valence-electron chi connectivity index (χ3n) is 2.14. The van der Waals surface area contributed by atoms with Gasteiger partial charge in [0, 0.05) is 12.0 Å². The summed E-state index contributed by atoms with van der Waals surface area (Å²) in [6.45, 7) is 1.05. The molecule has 4 nitrogen and oxygen atoms in total. The number of hydrogen-bond acceptors (Lipinski definition) is 3. The number of hydrogen-bond donors (Lipinski definition) is 0. The van der Waals surface area contributed by atoms with Crippen LogP contribution in [0.4, 0.5) is 10.1 Å². The number of nitro groups is 1. The first-order valence-corrected chi connectivity index (χ1v) is 4.34. The Balaban J connectivity index is 3.23. The van der Waals surface area contributed by atoms with Gasteiger partial charge in [0.1, 0.15) is 11.6 Å². The molecule has 5 heteroatoms. The lowest BCUT2D eigenvalue weighted by Crippen LogP contribution is -1.99. The van der Waals surface area contributed by atoms with Crippen LogP contribution in [0.15, 0.2) is 18.2 Å². The maximum absolute atomic E-state index is 12.4. The summed E-state index contributed by atoms with van der Waals surface area (Å²) in [5, 5.41) is 19.2. The van der Waals surface area contributed by atoms with Crippen LogP contribution >= 0.6 is 0 Å². The lowest BCUT2D eigenvalue weighted by atomic mass is 10.00. The molecule has 1 unspecified atom stereocenters. The van der Waals surface area contributed by atoms with Crippen LogP contribution in [0.25, 0.3) is 0 Å². The fourth-order valence-electron chi connectivity index (χ4n) is 1.19. The van der Waals surface area contributed by atoms with E-state index in [1.807, 2.05) is 0 Å². The zero-order valence-electron chi connectivity index (χ0n) is 8.11. The first-order valence-electron chi connectivity index (χ1n) is 4.34. The summed E-state index contributed by atoms with van der Waals surface area (Å²) < 4.78 is 12.4. The second kappa shape index (κ2) is 4.51. The minimum atomic E-state index is -0.632. The maximum Gasteiger partial charge on any atom is 0.287 e. The van der Waals surface area contributed by atoms with Crippen molar-refractivity contribution in [2.24, 2.45) is 0 Å². The van der Waals surface area contributed by atoms with E-state index >= 15 is 0 Å². The van der Waals surface area contributed by atoms with Gasteiger partial charge in [-0.3, -0.25) is 14.5 Å². The molecule has 0 fully saturated rings. The zero-order chi connectivity index (χ0) is 11.4. The predicted molar refractivity (Wildman–Crippen MR) is 52.2 cm³/mol. The first-order chi connectivity index (χ1) is 7.10. The number of nitriles is 1. The summed E-state index contributed by atoms with van der Waals surface area (Å²) in [5.41, 5.74) is 0.258. The normalized spacial score (nSPS) is 11.8. The van der Waals surface area contributed by atoms with E-state index in [9.17, 15) is 14.5 Å². The van der Waals surface area contributed by atoms with E-state index in [0.29, 0.717) is 5.56 Å². The zero-order valence-corrected chi connectivity index (χ0v) is 8.11. The minimum absolute atomic E-state index is 0.00481. The third kappa shape index (κ3) is 2.29. The van der Waals surface area contributed by atoms with Crippen LogP contribution in [0.3, 0.4) is 0 Å². The molecule has 0 heterocycles. The highest BCUT2D eigenvalue weighted by atomic mass is 19.1. The topological polar surface area (TPSA) is 66.9 Å². The van der Waals surface area contributed by atoms with Gasteiger partial charge in [-0.25, -0.2) is 0 Å². The smallest absolute Gasteiger partial charge is 0.258 e. The van der Waals surface area contributed by atoms with Crippen molar-refractivity contribution in [1.29, 1.82) is 5.26 Å². The van der Waals surface area contributed by atoms with Gasteiger partial charge in [0.25, 0.3) is 5.69 Å². The maximum atomic E-state index is 12.4. The fraction of sp³-hybridized carbons (Fsp3) is 0.300. The molecule has 15 heavy (non-hydrogen) atoms. The van der Waals surface area contributed by atoms with Gasteiger partial charge in [-0.2, -0.15) is 5.26 Å². The van der Waals surface area contributed by atoms with Crippen molar-refractivity contribution in [3.8, 4) is 6.07 Å². The monoisotopic (exact) mass is 208 g/mol. The Kier molecular flexibility index (Phi) is 3.34. The summed E-state index contributed by atoms with van der Waals surface area (Å²) in [6, 6.07) is 5.86. The molecular formula is C10H9FN2O2. The van der Waals surface area contributed by atoms with Crippen molar-refractivity contribution in [3.63, 3.8) is 0 Å². The lowest BCUT2D eigenvalue weighted by Gasteiger charge is -2.06. The second-order valence-electron chi connectivity index (χ2n) is 3.20. The van der Waals surface area contributed by atoms with E-state index in [0.717, 1.165) is 0 Å². The highest BCUT2D eigenvalue weighted by Gasteiger charge is 2.16. The highest BCUT2D eigenvalue weighted by Crippen LogP contribution is 2.24. The third-order valence-corrected chi connectivity index (χ3v) is 2.14. The van der Waals surface area contributed by atoms with Crippen LogP contribution < -0.4 is 0 Å². The van der Waals surface area contributed by atoms with Gasteiger partial charge in [-0.15, -0.1) is 0 Å². The van der Waals surface area contributed by atoms with E-state index in [1.54, 1.807) is 13.0 Å². The van der Waals surface area contributed by atoms with Crippen LogP contribution in [0.2, 0.25) is 0 Å². The largest absolute Gasteiger partial charge is 0.287 e. The molecule has 0 aliphatic heterocycles. The standard InChI is InChI=1S/C10H9FN2O2/c1-7(5-11)8-2-3-9(6-12)10(4-8)13(14)15/h2-4,7H,5H2,1H3. The molecule has 0 aliphatic carbocycles. The van der Waals surface area contributed by atoms with Crippen molar-refractivity contribution >= 4 is 5.69 Å². The minimum Gasteiger partial charge on any atom is -0.258 e. The Hall–Kier alpha value is -1.96. The van der Waals surface area contributed by atoms with Gasteiger partial charge in [0.15, 0.2) is 0 Å². The summed E-state index contributed by atoms with van der Waals surface area (Å²) in [5.74, 6) is -0.392. The van der Waals surface area contributed by atoms with Crippen LogP contribution in [0, 0.1) is 21.4 Å². The molecule has 0 aromatic heterocycles. The molecule has 0 bridgehead atoms. The molecule has 0 saturated heterocycles. The number of rotatable bonds is 3. The number of alkyl halides is 1. The summed E-state index contributed by atoms with van der Waals surface area (Å²) >= 11 is 0. The van der Waals surface area contributed by atoms with E-state index in [4.69, 9.17) is 5.26 Å². The average Bonchev–Trinajstić information content (AvgIpc) is 2.27. The van der Waals surface area contributed by atoms with Crippen molar-refractivity contribution < 1.29 is 9.31 Å². The Bertz CT molecular complexity index is 426. The Labute approximate surface area is 86.1 Å². The van der Waals surface area contributed by atoms with Crippen molar-refractivity contribution in [1.82, 2.24) is 0 Å². The number of nitrogens with zero attached hydrogens (tertiary/aromatic N) is 2. The molecule has 0 amide bonds. The molecule has 0 N–H and O–H groups in total. The van der Waals surface area contributed by atoms with Gasteiger partial charge in [-0.05, 0) is 11.6 Å². The Morgan fingerprint density at radius 3 is 2.80 bits per heavy atom. The van der Waals surface area contributed by atoms with Crippen LogP contribution in [-0.4, -0.2) is 11.6 Å². The van der Waals surface area contributed by atoms with Crippen molar-refractivity contribution in [2.45, 2.75) is 12.8 Å². The molecule has 1 rings (SSSR count). The molecule has 0 spiro atoms. The molecule has 1 aromatic rings. The van der Waals surface area contributed by atoms with Crippen molar-refractivity contribution in [2.75, 3.05) is 6.67 Å². The van der Waals surface area contributed by atoms with Crippen LogP contribution in [0.5, 0.6) is 0 Å². The van der Waals surface area contributed by atoms with Gasteiger partial charge < -0.3 is 0 Å². The molecular weight excluding hydrogens is 199 g/mol. The quantitative estimate of drug-likeness (QED) is 0.566. The van der Waals surface area contributed by atoms with Crippen molar-refractivity contribution in [3.05, 3.63) is 39.4 Å². The number of benzene rings is 1. The first kappa shape index (κ1) is 11.1. The summed E-state index contributed by atoms with van der Waals surface area (Å²) in [7, 11) is 0. The number of nitro benzene ring substituents is 1. The van der Waals surface area contributed by atoms with Gasteiger partial charge in [0.2, 0.25) is 0 Å². The van der Waals surface area contributed by atoms with Gasteiger partial charge in [-0.1, -0.05) is 13.0 Å². The average molecular weight is 208 g/mol. The number of halogens is 1. The Morgan fingerprint density at radius 2 is 2.33 bits per heavy atom. The Morgan fingerprint density at radius 1 is 1.67 bits per heavy atom. The SMILES string of the molecule is CC(CF)c1ccc(C#N)c([N+](=O)[O-])c1. The lowest BCUT2D eigenvalue weighted by molar-refractivity contribution is -0.385. The molecule has 78 valence electrons. The van der Waals surface area contributed by atoms with E-state index < -0.39 is 17.5 Å².